The summed E-state index contributed by atoms with van der Waals surface area (Å²) in [6.07, 6.45) is 4.09. The Labute approximate surface area is 175 Å². The maximum atomic E-state index is 14.4. The van der Waals surface area contributed by atoms with Crippen molar-refractivity contribution >= 4 is 16.9 Å². The Kier molecular flexibility index (Phi) is 4.46. The fraction of sp³-hybridized carbons (Fsp3) is 0.167. The van der Waals surface area contributed by atoms with E-state index in [-0.39, 0.29) is 23.4 Å². The number of H-pyrrole nitrogens is 1. The van der Waals surface area contributed by atoms with Crippen LogP contribution < -0.4 is 5.56 Å². The lowest BCUT2D eigenvalue weighted by atomic mass is 9.97. The van der Waals surface area contributed by atoms with Crippen molar-refractivity contribution in [3.63, 3.8) is 0 Å². The minimum atomic E-state index is -1.22. The molecule has 7 heteroatoms. The van der Waals surface area contributed by atoms with Gasteiger partial charge >= 0.3 is 5.97 Å². The molecule has 156 valence electrons. The highest BCUT2D eigenvalue weighted by Gasteiger charge is 2.29. The molecule has 2 heterocycles. The van der Waals surface area contributed by atoms with E-state index in [9.17, 15) is 23.5 Å². The van der Waals surface area contributed by atoms with Gasteiger partial charge in [-0.05, 0) is 54.7 Å². The number of aromatic amines is 1. The van der Waals surface area contributed by atoms with Crippen LogP contribution in [-0.4, -0.2) is 20.6 Å². The van der Waals surface area contributed by atoms with Gasteiger partial charge in [0.25, 0.3) is 5.56 Å². The zero-order valence-electron chi connectivity index (χ0n) is 16.4. The summed E-state index contributed by atoms with van der Waals surface area (Å²) >= 11 is 0. The van der Waals surface area contributed by atoms with Gasteiger partial charge in [0.05, 0.1) is 6.54 Å². The van der Waals surface area contributed by atoms with Crippen LogP contribution in [0.4, 0.5) is 8.78 Å². The summed E-state index contributed by atoms with van der Waals surface area (Å²) in [6.45, 7) is -0.103. The van der Waals surface area contributed by atoms with Crippen LogP contribution in [0.25, 0.3) is 22.0 Å². The first-order valence-electron chi connectivity index (χ1n) is 9.98. The maximum Gasteiger partial charge on any atom is 0.353 e. The number of nitrogens with zero attached hydrogens (tertiary/aromatic N) is 1. The highest BCUT2D eigenvalue weighted by atomic mass is 19.1. The van der Waals surface area contributed by atoms with Crippen molar-refractivity contribution in [1.82, 2.24) is 9.55 Å². The molecule has 2 aromatic heterocycles. The fourth-order valence-corrected chi connectivity index (χ4v) is 4.62. The lowest BCUT2D eigenvalue weighted by Crippen LogP contribution is -2.14. The molecule has 0 radical (unpaired) electrons. The highest BCUT2D eigenvalue weighted by Crippen LogP contribution is 2.40. The van der Waals surface area contributed by atoms with Crippen LogP contribution in [0.1, 0.15) is 33.6 Å². The Hall–Kier alpha value is -3.74. The number of pyridine rings is 1. The van der Waals surface area contributed by atoms with Crippen molar-refractivity contribution in [2.45, 2.75) is 25.8 Å². The van der Waals surface area contributed by atoms with Crippen LogP contribution in [0.5, 0.6) is 0 Å². The number of fused-ring (bicyclic) bond motifs is 3. The van der Waals surface area contributed by atoms with Crippen molar-refractivity contribution in [2.75, 3.05) is 0 Å². The van der Waals surface area contributed by atoms with E-state index in [2.05, 4.69) is 4.98 Å². The molecular formula is C24H18F2N2O3. The lowest BCUT2D eigenvalue weighted by Gasteiger charge is -2.10. The number of carboxylic acids is 1. The van der Waals surface area contributed by atoms with Gasteiger partial charge in [0.2, 0.25) is 0 Å². The number of halogens is 2. The van der Waals surface area contributed by atoms with Crippen molar-refractivity contribution in [2.24, 2.45) is 0 Å². The van der Waals surface area contributed by atoms with E-state index in [1.54, 1.807) is 12.1 Å². The molecule has 0 amide bonds. The van der Waals surface area contributed by atoms with Crippen LogP contribution in [-0.2, 0) is 19.4 Å². The largest absolute Gasteiger partial charge is 0.477 e. The predicted octanol–water partition coefficient (Wildman–Crippen LogP) is 4.51. The Morgan fingerprint density at radius 1 is 1.13 bits per heavy atom. The van der Waals surface area contributed by atoms with E-state index in [0.29, 0.717) is 16.5 Å². The quantitative estimate of drug-likeness (QED) is 0.510. The summed E-state index contributed by atoms with van der Waals surface area (Å²) in [4.78, 5) is 27.7. The lowest BCUT2D eigenvalue weighted by molar-refractivity contribution is 0.0687. The molecule has 1 aliphatic carbocycles. The van der Waals surface area contributed by atoms with Gasteiger partial charge in [0, 0.05) is 39.9 Å². The number of carbonyl (C=O) groups is 1. The summed E-state index contributed by atoms with van der Waals surface area (Å²) < 4.78 is 29.3. The molecule has 5 rings (SSSR count). The standard InChI is InChI=1S/C24H18F2N2O3/c25-15-8-6-14(18(26)11-15)12-28-19-9-7-13-3-1-4-16(13)20(19)21(22(28)24(30)31)17-5-2-10-27-23(17)29/h2,5-11H,1,3-4,12H2,(H,27,29)(H,30,31). The van der Waals surface area contributed by atoms with E-state index in [1.807, 2.05) is 12.1 Å². The number of aromatic carboxylic acids is 1. The molecule has 0 atom stereocenters. The van der Waals surface area contributed by atoms with E-state index in [4.69, 9.17) is 0 Å². The molecule has 0 spiro atoms. The normalized spacial score (nSPS) is 13.0. The Morgan fingerprint density at radius 2 is 1.97 bits per heavy atom. The van der Waals surface area contributed by atoms with E-state index in [0.717, 1.165) is 42.5 Å². The molecule has 0 aliphatic heterocycles. The van der Waals surface area contributed by atoms with Gasteiger partial charge in [-0.3, -0.25) is 4.79 Å². The van der Waals surface area contributed by atoms with Gasteiger partial charge in [-0.25, -0.2) is 13.6 Å². The van der Waals surface area contributed by atoms with Crippen LogP contribution in [0.2, 0.25) is 0 Å². The maximum absolute atomic E-state index is 14.4. The van der Waals surface area contributed by atoms with Crippen LogP contribution in [0.3, 0.4) is 0 Å². The molecule has 2 N–H and O–H groups in total. The zero-order valence-corrected chi connectivity index (χ0v) is 16.4. The van der Waals surface area contributed by atoms with Gasteiger partial charge in [-0.2, -0.15) is 0 Å². The summed E-state index contributed by atoms with van der Waals surface area (Å²) in [7, 11) is 0. The van der Waals surface area contributed by atoms with Gasteiger partial charge in [0.1, 0.15) is 17.3 Å². The molecule has 0 saturated heterocycles. The zero-order chi connectivity index (χ0) is 21.7. The number of benzene rings is 2. The van der Waals surface area contributed by atoms with E-state index < -0.39 is 23.2 Å². The van der Waals surface area contributed by atoms with Gasteiger partial charge in [0.15, 0.2) is 0 Å². The molecule has 4 aromatic rings. The Balaban J connectivity index is 1.88. The Morgan fingerprint density at radius 3 is 2.71 bits per heavy atom. The minimum Gasteiger partial charge on any atom is -0.477 e. The first kappa shape index (κ1) is 19.2. The highest BCUT2D eigenvalue weighted by molar-refractivity contribution is 6.09. The first-order valence-corrected chi connectivity index (χ1v) is 9.98. The predicted molar refractivity (Wildman–Crippen MR) is 112 cm³/mol. The molecular weight excluding hydrogens is 402 g/mol. The molecule has 5 nitrogen and oxygen atoms in total. The summed E-state index contributed by atoms with van der Waals surface area (Å²) in [5.41, 5.74) is 3.03. The molecule has 2 aromatic carbocycles. The van der Waals surface area contributed by atoms with Crippen molar-refractivity contribution in [1.29, 1.82) is 0 Å². The van der Waals surface area contributed by atoms with E-state index >= 15 is 0 Å². The molecule has 1 aliphatic rings. The minimum absolute atomic E-state index is 0.0873. The number of aromatic nitrogens is 2. The van der Waals surface area contributed by atoms with Gasteiger partial charge in [-0.15, -0.1) is 0 Å². The SMILES string of the molecule is O=C(O)c1c(-c2ccc[nH]c2=O)c2c3c(ccc2n1Cc1ccc(F)cc1F)CCC3. The average molecular weight is 420 g/mol. The van der Waals surface area contributed by atoms with Crippen LogP contribution >= 0.6 is 0 Å². The fourth-order valence-electron chi connectivity index (χ4n) is 4.62. The van der Waals surface area contributed by atoms with Gasteiger partial charge < -0.3 is 14.7 Å². The van der Waals surface area contributed by atoms with Crippen LogP contribution in [0.15, 0.2) is 53.5 Å². The number of nitrogens with one attached hydrogen (secondary N) is 1. The topological polar surface area (TPSA) is 75.1 Å². The third kappa shape index (κ3) is 3.04. The summed E-state index contributed by atoms with van der Waals surface area (Å²) in [6, 6.07) is 10.3. The van der Waals surface area contributed by atoms with Crippen LogP contribution in [0, 0.1) is 11.6 Å². The second kappa shape index (κ2) is 7.19. The van der Waals surface area contributed by atoms with Crippen molar-refractivity contribution in [3.8, 4) is 11.1 Å². The first-order chi connectivity index (χ1) is 15.0. The number of hydrogen-bond donors (Lipinski definition) is 2. The molecule has 0 saturated carbocycles. The number of aryl methyl sites for hydroxylation is 2. The third-order valence-electron chi connectivity index (χ3n) is 5.94. The number of rotatable bonds is 4. The summed E-state index contributed by atoms with van der Waals surface area (Å²) in [5, 5.41) is 10.9. The molecule has 0 fully saturated rings. The molecule has 31 heavy (non-hydrogen) atoms. The average Bonchev–Trinajstić information content (AvgIpc) is 3.33. The number of carboxylic acid groups (broad SMARTS) is 1. The van der Waals surface area contributed by atoms with Gasteiger partial charge in [-0.1, -0.05) is 12.1 Å². The van der Waals surface area contributed by atoms with E-state index in [1.165, 1.54) is 16.8 Å². The monoisotopic (exact) mass is 420 g/mol. The number of hydrogen-bond acceptors (Lipinski definition) is 2. The van der Waals surface area contributed by atoms with Crippen molar-refractivity contribution in [3.05, 3.63) is 93.0 Å². The third-order valence-corrected chi connectivity index (χ3v) is 5.94. The summed E-state index contributed by atoms with van der Waals surface area (Å²) in [5.74, 6) is -2.67. The smallest absolute Gasteiger partial charge is 0.353 e. The van der Waals surface area contributed by atoms with Crippen molar-refractivity contribution < 1.29 is 18.7 Å². The Bertz CT molecular complexity index is 1420. The molecule has 0 unspecified atom stereocenters. The second-order valence-electron chi connectivity index (χ2n) is 7.71. The molecule has 0 bridgehead atoms. The second-order valence-corrected chi connectivity index (χ2v) is 7.71.